The predicted molar refractivity (Wildman–Crippen MR) is 125 cm³/mol. The Morgan fingerprint density at radius 1 is 1.00 bits per heavy atom. The maximum atomic E-state index is 13.4. The van der Waals surface area contributed by atoms with E-state index in [9.17, 15) is 9.18 Å². The van der Waals surface area contributed by atoms with E-state index in [1.54, 1.807) is 17.0 Å². The van der Waals surface area contributed by atoms with E-state index >= 15 is 0 Å². The second-order valence-electron chi connectivity index (χ2n) is 7.14. The van der Waals surface area contributed by atoms with Crippen LogP contribution in [-0.4, -0.2) is 16.1 Å². The van der Waals surface area contributed by atoms with Crippen molar-refractivity contribution in [3.05, 3.63) is 107 Å². The third-order valence-corrected chi connectivity index (χ3v) is 6.01. The summed E-state index contributed by atoms with van der Waals surface area (Å²) in [6, 6.07) is 23.8. The van der Waals surface area contributed by atoms with Gasteiger partial charge in [0.25, 0.3) is 5.91 Å². The molecule has 1 aliphatic rings. The van der Waals surface area contributed by atoms with Gasteiger partial charge >= 0.3 is 0 Å². The summed E-state index contributed by atoms with van der Waals surface area (Å²) in [4.78, 5) is 23.3. The van der Waals surface area contributed by atoms with Crippen LogP contribution in [0.25, 0.3) is 17.0 Å². The topological polar surface area (TPSA) is 48.5 Å². The molecule has 2 heterocycles. The van der Waals surface area contributed by atoms with Crippen LogP contribution in [0.5, 0.6) is 0 Å². The number of carbonyl (C=O) groups excluding carboxylic acids is 1. The number of aromatic nitrogens is 1. The van der Waals surface area contributed by atoms with Crippen molar-refractivity contribution in [2.24, 2.45) is 4.99 Å². The lowest BCUT2D eigenvalue weighted by Crippen LogP contribution is -2.28. The smallest absolute Gasteiger partial charge is 0.271 e. The van der Waals surface area contributed by atoms with Gasteiger partial charge in [0.15, 0.2) is 5.17 Å². The van der Waals surface area contributed by atoms with Gasteiger partial charge in [-0.1, -0.05) is 36.4 Å². The third kappa shape index (κ3) is 4.02. The van der Waals surface area contributed by atoms with Crippen LogP contribution in [0.15, 0.2) is 95.0 Å². The highest BCUT2D eigenvalue weighted by Crippen LogP contribution is 2.36. The summed E-state index contributed by atoms with van der Waals surface area (Å²) in [5.74, 6) is -0.515. The monoisotopic (exact) mass is 427 g/mol. The Morgan fingerprint density at radius 3 is 2.61 bits per heavy atom. The number of halogens is 1. The number of fused-ring (bicyclic) bond motifs is 1. The number of carbonyl (C=O) groups is 1. The molecule has 1 fully saturated rings. The second-order valence-corrected chi connectivity index (χ2v) is 8.15. The van der Waals surface area contributed by atoms with Gasteiger partial charge < -0.3 is 4.98 Å². The zero-order valence-electron chi connectivity index (χ0n) is 16.5. The lowest BCUT2D eigenvalue weighted by Gasteiger charge is -2.15. The number of aromatic amines is 1. The molecular weight excluding hydrogens is 409 g/mol. The zero-order valence-corrected chi connectivity index (χ0v) is 17.3. The molecule has 1 aliphatic heterocycles. The Balaban J connectivity index is 1.51. The van der Waals surface area contributed by atoms with E-state index in [0.717, 1.165) is 22.0 Å². The third-order valence-electron chi connectivity index (χ3n) is 5.01. The Morgan fingerprint density at radius 2 is 1.81 bits per heavy atom. The minimum atomic E-state index is -0.346. The molecule has 1 N–H and O–H groups in total. The van der Waals surface area contributed by atoms with E-state index in [4.69, 9.17) is 4.99 Å². The molecule has 1 aromatic heterocycles. The molecule has 0 saturated carbocycles. The molecule has 1 saturated heterocycles. The zero-order chi connectivity index (χ0) is 21.2. The maximum Gasteiger partial charge on any atom is 0.271 e. The highest BCUT2D eigenvalue weighted by atomic mass is 32.2. The van der Waals surface area contributed by atoms with Crippen molar-refractivity contribution >= 4 is 45.5 Å². The molecule has 0 unspecified atom stereocenters. The number of thioether (sulfide) groups is 1. The van der Waals surface area contributed by atoms with Crippen molar-refractivity contribution in [1.82, 2.24) is 4.98 Å². The van der Waals surface area contributed by atoms with Crippen LogP contribution in [-0.2, 0) is 11.3 Å². The van der Waals surface area contributed by atoms with Crippen LogP contribution < -0.4 is 4.90 Å². The number of anilines is 1. The van der Waals surface area contributed by atoms with Gasteiger partial charge in [-0.2, -0.15) is 0 Å². The number of H-pyrrole nitrogens is 1. The van der Waals surface area contributed by atoms with Crippen molar-refractivity contribution < 1.29 is 9.18 Å². The molecule has 0 aliphatic carbocycles. The van der Waals surface area contributed by atoms with Crippen LogP contribution in [0.2, 0.25) is 0 Å². The van der Waals surface area contributed by atoms with Crippen molar-refractivity contribution in [2.75, 3.05) is 4.90 Å². The fourth-order valence-corrected chi connectivity index (χ4v) is 4.43. The minimum absolute atomic E-state index is 0.169. The van der Waals surface area contributed by atoms with Gasteiger partial charge in [-0.15, -0.1) is 0 Å². The first-order valence-electron chi connectivity index (χ1n) is 9.82. The number of nitrogens with one attached hydrogen (secondary N) is 1. The number of aliphatic imine (C=N–C) groups is 1. The molecule has 0 spiro atoms. The standard InChI is InChI=1S/C25H18FN3OS/c26-20-7-9-21(10-8-20)29-24(30)23(15-18-6-11-22-19(14-18)12-13-27-22)31-25(29)28-16-17-4-2-1-3-5-17/h1-15,27H,16H2. The SMILES string of the molecule is O=C1C(=Cc2ccc3[nH]ccc3c2)SC(=NCc2ccccc2)N1c1ccc(F)cc1. The largest absolute Gasteiger partial charge is 0.361 e. The number of amidine groups is 1. The van der Waals surface area contributed by atoms with Crippen LogP contribution in [0, 0.1) is 5.82 Å². The lowest BCUT2D eigenvalue weighted by atomic mass is 10.1. The highest BCUT2D eigenvalue weighted by molar-refractivity contribution is 8.19. The summed E-state index contributed by atoms with van der Waals surface area (Å²) in [6.45, 7) is 0.455. The van der Waals surface area contributed by atoms with E-state index in [1.807, 2.05) is 66.9 Å². The molecule has 152 valence electrons. The number of benzene rings is 3. The first-order chi connectivity index (χ1) is 15.2. The molecule has 6 heteroatoms. The summed E-state index contributed by atoms with van der Waals surface area (Å²) in [5.41, 5.74) is 3.63. The average molecular weight is 428 g/mol. The molecule has 4 nitrogen and oxygen atoms in total. The Hall–Kier alpha value is -3.64. The fourth-order valence-electron chi connectivity index (χ4n) is 3.45. The van der Waals surface area contributed by atoms with E-state index < -0.39 is 0 Å². The first-order valence-corrected chi connectivity index (χ1v) is 10.6. The van der Waals surface area contributed by atoms with E-state index in [1.165, 1.54) is 23.9 Å². The maximum absolute atomic E-state index is 13.4. The average Bonchev–Trinajstić information content (AvgIpc) is 3.38. The number of hydrogen-bond acceptors (Lipinski definition) is 3. The van der Waals surface area contributed by atoms with Gasteiger partial charge in [-0.05, 0) is 76.8 Å². The molecule has 5 rings (SSSR count). The van der Waals surface area contributed by atoms with Gasteiger partial charge in [0.05, 0.1) is 17.1 Å². The Kier molecular flexibility index (Phi) is 5.14. The summed E-state index contributed by atoms with van der Waals surface area (Å²) >= 11 is 1.33. The molecule has 1 amide bonds. The summed E-state index contributed by atoms with van der Waals surface area (Å²) < 4.78 is 13.4. The minimum Gasteiger partial charge on any atom is -0.361 e. The van der Waals surface area contributed by atoms with Gasteiger partial charge in [-0.25, -0.2) is 4.39 Å². The summed E-state index contributed by atoms with van der Waals surface area (Å²) in [6.07, 6.45) is 3.77. The molecule has 0 atom stereocenters. The number of amides is 1. The quantitative estimate of drug-likeness (QED) is 0.407. The lowest BCUT2D eigenvalue weighted by molar-refractivity contribution is -0.113. The highest BCUT2D eigenvalue weighted by Gasteiger charge is 2.34. The van der Waals surface area contributed by atoms with Gasteiger partial charge in [0, 0.05) is 11.7 Å². The normalized spacial score (nSPS) is 16.7. The second kappa shape index (κ2) is 8.24. The Labute approximate surface area is 183 Å². The predicted octanol–water partition coefficient (Wildman–Crippen LogP) is 5.98. The molecule has 0 radical (unpaired) electrons. The molecule has 0 bridgehead atoms. The summed E-state index contributed by atoms with van der Waals surface area (Å²) in [7, 11) is 0. The molecule has 31 heavy (non-hydrogen) atoms. The van der Waals surface area contributed by atoms with Crippen molar-refractivity contribution in [3.63, 3.8) is 0 Å². The Bertz CT molecular complexity index is 1310. The molecule has 3 aromatic carbocycles. The van der Waals surface area contributed by atoms with Crippen molar-refractivity contribution in [1.29, 1.82) is 0 Å². The molecular formula is C25H18FN3OS. The molecule has 4 aromatic rings. The summed E-state index contributed by atoms with van der Waals surface area (Å²) in [5, 5.41) is 1.66. The van der Waals surface area contributed by atoms with Crippen molar-refractivity contribution in [3.8, 4) is 0 Å². The number of rotatable bonds is 4. The van der Waals surface area contributed by atoms with E-state index in [0.29, 0.717) is 22.3 Å². The van der Waals surface area contributed by atoms with Crippen molar-refractivity contribution in [2.45, 2.75) is 6.54 Å². The van der Waals surface area contributed by atoms with Gasteiger partial charge in [-0.3, -0.25) is 14.7 Å². The first kappa shape index (κ1) is 19.3. The van der Waals surface area contributed by atoms with Gasteiger partial charge in [0.1, 0.15) is 5.82 Å². The van der Waals surface area contributed by atoms with Crippen LogP contribution >= 0.6 is 11.8 Å². The van der Waals surface area contributed by atoms with Crippen LogP contribution in [0.3, 0.4) is 0 Å². The fraction of sp³-hybridized carbons (Fsp3) is 0.0400. The van der Waals surface area contributed by atoms with Gasteiger partial charge in [0.2, 0.25) is 0 Å². The number of nitrogens with zero attached hydrogens (tertiary/aromatic N) is 2. The van der Waals surface area contributed by atoms with Crippen LogP contribution in [0.4, 0.5) is 10.1 Å². The van der Waals surface area contributed by atoms with E-state index in [2.05, 4.69) is 4.98 Å². The van der Waals surface area contributed by atoms with Crippen LogP contribution in [0.1, 0.15) is 11.1 Å². The van der Waals surface area contributed by atoms with E-state index in [-0.39, 0.29) is 11.7 Å². The number of hydrogen-bond donors (Lipinski definition) is 1.